The van der Waals surface area contributed by atoms with Gasteiger partial charge >= 0.3 is 11.9 Å². The first kappa shape index (κ1) is 17.0. The Labute approximate surface area is 148 Å². The van der Waals surface area contributed by atoms with E-state index < -0.39 is 11.9 Å². The second-order valence-corrected chi connectivity index (χ2v) is 5.54. The van der Waals surface area contributed by atoms with Gasteiger partial charge in [-0.3, -0.25) is 0 Å². The lowest BCUT2D eigenvalue weighted by Gasteiger charge is -2.06. The Morgan fingerprint density at radius 3 is 2.52 bits per heavy atom. The normalized spacial score (nSPS) is 10.7. The molecule has 0 unspecified atom stereocenters. The maximum Gasteiger partial charge on any atom is 0.374 e. The van der Waals surface area contributed by atoms with Gasteiger partial charge in [0.15, 0.2) is 0 Å². The zero-order valence-electron chi connectivity index (χ0n) is 13.5. The van der Waals surface area contributed by atoms with Gasteiger partial charge in [-0.25, -0.2) is 14.6 Å². The van der Waals surface area contributed by atoms with Gasteiger partial charge in [0, 0.05) is 16.7 Å². The summed E-state index contributed by atoms with van der Waals surface area (Å²) in [5, 5.41) is 0.970. The highest BCUT2D eigenvalue weighted by atomic mass is 35.5. The molecule has 6 nitrogen and oxygen atoms in total. The Morgan fingerprint density at radius 2 is 1.88 bits per heavy atom. The fraction of sp³-hybridized carbons (Fsp3) is 0.167. The molecular weight excluding hydrogens is 346 g/mol. The number of hydrogen-bond donors (Lipinski definition) is 0. The first-order chi connectivity index (χ1) is 12.0. The SMILES string of the molecule is CCOC(=O)c1cc(-c2ccc(Cl)cc2)nc2oc(C(=O)OC)cc12. The predicted octanol–water partition coefficient (Wildman–Crippen LogP) is 4.11. The van der Waals surface area contributed by atoms with Crippen LogP contribution in [-0.4, -0.2) is 30.6 Å². The third kappa shape index (κ3) is 3.34. The Morgan fingerprint density at radius 1 is 1.16 bits per heavy atom. The summed E-state index contributed by atoms with van der Waals surface area (Å²) in [6, 6.07) is 10.0. The topological polar surface area (TPSA) is 78.6 Å². The lowest BCUT2D eigenvalue weighted by atomic mass is 10.1. The highest BCUT2D eigenvalue weighted by Gasteiger charge is 2.21. The third-order valence-electron chi connectivity index (χ3n) is 3.53. The van der Waals surface area contributed by atoms with E-state index in [1.165, 1.54) is 13.2 Å². The van der Waals surface area contributed by atoms with Gasteiger partial charge in [-0.2, -0.15) is 0 Å². The molecule has 0 spiro atoms. The molecule has 0 radical (unpaired) electrons. The van der Waals surface area contributed by atoms with Gasteiger partial charge in [-0.05, 0) is 25.1 Å². The van der Waals surface area contributed by atoms with Gasteiger partial charge < -0.3 is 13.9 Å². The van der Waals surface area contributed by atoms with E-state index in [9.17, 15) is 9.59 Å². The first-order valence-corrected chi connectivity index (χ1v) is 7.87. The van der Waals surface area contributed by atoms with Crippen molar-refractivity contribution in [1.29, 1.82) is 0 Å². The van der Waals surface area contributed by atoms with Crippen LogP contribution in [0.2, 0.25) is 5.02 Å². The van der Waals surface area contributed by atoms with Crippen molar-refractivity contribution in [3.05, 3.63) is 52.7 Å². The molecule has 0 atom stereocenters. The average Bonchev–Trinajstić information content (AvgIpc) is 3.05. The molecule has 0 saturated carbocycles. The highest BCUT2D eigenvalue weighted by molar-refractivity contribution is 6.30. The molecule has 0 aliphatic rings. The quantitative estimate of drug-likeness (QED) is 0.652. The van der Waals surface area contributed by atoms with Crippen LogP contribution in [-0.2, 0) is 9.47 Å². The summed E-state index contributed by atoms with van der Waals surface area (Å²) in [5.41, 5.74) is 1.65. The maximum absolute atomic E-state index is 12.3. The van der Waals surface area contributed by atoms with Crippen molar-refractivity contribution in [2.45, 2.75) is 6.92 Å². The minimum atomic E-state index is -0.652. The molecule has 25 heavy (non-hydrogen) atoms. The van der Waals surface area contributed by atoms with Crippen LogP contribution in [0.3, 0.4) is 0 Å². The molecular formula is C18H14ClNO5. The number of carbonyl (C=O) groups is 2. The molecule has 0 aliphatic carbocycles. The number of ether oxygens (including phenoxy) is 2. The number of hydrogen-bond acceptors (Lipinski definition) is 6. The summed E-state index contributed by atoms with van der Waals surface area (Å²) in [6.45, 7) is 1.94. The molecule has 1 aromatic carbocycles. The smallest absolute Gasteiger partial charge is 0.374 e. The summed E-state index contributed by atoms with van der Waals surface area (Å²) in [4.78, 5) is 28.4. The van der Waals surface area contributed by atoms with Crippen molar-refractivity contribution in [2.24, 2.45) is 0 Å². The van der Waals surface area contributed by atoms with Gasteiger partial charge in [0.2, 0.25) is 11.5 Å². The Hall–Kier alpha value is -2.86. The molecule has 0 bridgehead atoms. The zero-order valence-corrected chi connectivity index (χ0v) is 14.3. The van der Waals surface area contributed by atoms with E-state index in [4.69, 9.17) is 20.8 Å². The summed E-state index contributed by atoms with van der Waals surface area (Å²) in [7, 11) is 1.24. The number of esters is 2. The van der Waals surface area contributed by atoms with E-state index in [-0.39, 0.29) is 23.6 Å². The molecule has 2 heterocycles. The maximum atomic E-state index is 12.3. The van der Waals surface area contributed by atoms with E-state index >= 15 is 0 Å². The summed E-state index contributed by atoms with van der Waals surface area (Å²) < 4.78 is 15.2. The lowest BCUT2D eigenvalue weighted by molar-refractivity contribution is 0.0526. The summed E-state index contributed by atoms with van der Waals surface area (Å²) in [5.74, 6) is -1.22. The monoisotopic (exact) mass is 359 g/mol. The van der Waals surface area contributed by atoms with Crippen LogP contribution in [0, 0.1) is 0 Å². The summed E-state index contributed by atoms with van der Waals surface area (Å²) in [6.07, 6.45) is 0. The minimum Gasteiger partial charge on any atom is -0.463 e. The second-order valence-electron chi connectivity index (χ2n) is 5.10. The average molecular weight is 360 g/mol. The highest BCUT2D eigenvalue weighted by Crippen LogP contribution is 2.28. The minimum absolute atomic E-state index is 0.0381. The third-order valence-corrected chi connectivity index (χ3v) is 3.78. The molecule has 0 saturated heterocycles. The zero-order chi connectivity index (χ0) is 18.0. The molecule has 0 fully saturated rings. The van der Waals surface area contributed by atoms with Crippen LogP contribution < -0.4 is 0 Å². The largest absolute Gasteiger partial charge is 0.463 e. The van der Waals surface area contributed by atoms with Crippen molar-refractivity contribution in [2.75, 3.05) is 13.7 Å². The van der Waals surface area contributed by atoms with Crippen LogP contribution in [0.25, 0.3) is 22.4 Å². The molecule has 128 valence electrons. The van der Waals surface area contributed by atoms with Gasteiger partial charge in [0.05, 0.1) is 30.4 Å². The summed E-state index contributed by atoms with van der Waals surface area (Å²) >= 11 is 5.91. The molecule has 7 heteroatoms. The first-order valence-electron chi connectivity index (χ1n) is 7.49. The fourth-order valence-corrected chi connectivity index (χ4v) is 2.49. The number of halogens is 1. The predicted molar refractivity (Wildman–Crippen MR) is 91.8 cm³/mol. The van der Waals surface area contributed by atoms with Gasteiger partial charge in [-0.1, -0.05) is 23.7 Å². The van der Waals surface area contributed by atoms with E-state index in [0.717, 1.165) is 5.56 Å². The van der Waals surface area contributed by atoms with E-state index in [1.807, 2.05) is 0 Å². The molecule has 0 aliphatic heterocycles. The number of aromatic nitrogens is 1. The van der Waals surface area contributed by atoms with E-state index in [2.05, 4.69) is 9.72 Å². The number of nitrogens with zero attached hydrogens (tertiary/aromatic N) is 1. The number of pyridine rings is 1. The van der Waals surface area contributed by atoms with Gasteiger partial charge in [0.1, 0.15) is 0 Å². The fourth-order valence-electron chi connectivity index (χ4n) is 2.36. The standard InChI is InChI=1S/C18H14ClNO5/c1-3-24-17(21)13-8-14(10-4-6-11(19)7-5-10)20-16-12(13)9-15(25-16)18(22)23-2/h4-9H,3H2,1-2H3. The van der Waals surface area contributed by atoms with Gasteiger partial charge in [-0.15, -0.1) is 0 Å². The van der Waals surface area contributed by atoms with Crippen molar-refractivity contribution in [3.63, 3.8) is 0 Å². The number of furan rings is 1. The van der Waals surface area contributed by atoms with Crippen LogP contribution in [0.1, 0.15) is 27.8 Å². The van der Waals surface area contributed by atoms with Crippen molar-refractivity contribution >= 4 is 34.6 Å². The number of fused-ring (bicyclic) bond motifs is 1. The molecule has 3 aromatic rings. The van der Waals surface area contributed by atoms with Crippen LogP contribution in [0.15, 0.2) is 40.8 Å². The number of benzene rings is 1. The van der Waals surface area contributed by atoms with Gasteiger partial charge in [0.25, 0.3) is 0 Å². The Balaban J connectivity index is 2.20. The lowest BCUT2D eigenvalue weighted by Crippen LogP contribution is -2.06. The Kier molecular flexibility index (Phi) is 4.72. The van der Waals surface area contributed by atoms with Crippen LogP contribution >= 0.6 is 11.6 Å². The molecule has 3 rings (SSSR count). The van der Waals surface area contributed by atoms with E-state index in [1.54, 1.807) is 37.3 Å². The van der Waals surface area contributed by atoms with E-state index in [0.29, 0.717) is 16.1 Å². The number of rotatable bonds is 4. The van der Waals surface area contributed by atoms with Crippen molar-refractivity contribution in [1.82, 2.24) is 4.98 Å². The number of carbonyl (C=O) groups excluding carboxylic acids is 2. The molecule has 0 amide bonds. The van der Waals surface area contributed by atoms with Crippen molar-refractivity contribution in [3.8, 4) is 11.3 Å². The second kappa shape index (κ2) is 6.94. The number of methoxy groups -OCH3 is 1. The molecule has 2 aromatic heterocycles. The molecule has 0 N–H and O–H groups in total. The van der Waals surface area contributed by atoms with Crippen LogP contribution in [0.4, 0.5) is 0 Å². The van der Waals surface area contributed by atoms with Crippen molar-refractivity contribution < 1.29 is 23.5 Å². The Bertz CT molecular complexity index is 946. The van der Waals surface area contributed by atoms with Crippen LogP contribution in [0.5, 0.6) is 0 Å².